The average molecular weight is 301 g/mol. The summed E-state index contributed by atoms with van der Waals surface area (Å²) in [6.45, 7) is 2.11. The Balaban J connectivity index is 2.18. The van der Waals surface area contributed by atoms with Crippen molar-refractivity contribution in [2.24, 2.45) is 4.36 Å². The first-order valence-electron chi connectivity index (χ1n) is 7.14. The Morgan fingerprint density at radius 2 is 2.00 bits per heavy atom. The van der Waals surface area contributed by atoms with Crippen molar-refractivity contribution in [3.05, 3.63) is 59.7 Å². The Hall–Kier alpha value is -1.65. The van der Waals surface area contributed by atoms with Gasteiger partial charge in [0.2, 0.25) is 0 Å². The molecular formula is C17H19NO2S. The Kier molecular flexibility index (Phi) is 3.83. The van der Waals surface area contributed by atoms with E-state index >= 15 is 0 Å². The van der Waals surface area contributed by atoms with Crippen LogP contribution in [0.25, 0.3) is 0 Å². The van der Waals surface area contributed by atoms with E-state index in [2.05, 4.69) is 10.4 Å². The lowest BCUT2D eigenvalue weighted by atomic mass is 9.95. The number of aryl methyl sites for hydroxylation is 1. The smallest absolute Gasteiger partial charge is 0.0806 e. The Labute approximate surface area is 125 Å². The van der Waals surface area contributed by atoms with Crippen molar-refractivity contribution in [1.82, 2.24) is 0 Å². The maximum Gasteiger partial charge on any atom is 0.0806 e. The van der Waals surface area contributed by atoms with Gasteiger partial charge >= 0.3 is 0 Å². The van der Waals surface area contributed by atoms with Crippen molar-refractivity contribution in [2.75, 3.05) is 12.4 Å². The van der Waals surface area contributed by atoms with Gasteiger partial charge in [0.05, 0.1) is 15.4 Å². The van der Waals surface area contributed by atoms with Crippen LogP contribution in [0.1, 0.15) is 23.5 Å². The molecule has 1 aliphatic heterocycles. The van der Waals surface area contributed by atoms with Crippen LogP contribution in [0.4, 0.5) is 5.69 Å². The zero-order valence-corrected chi connectivity index (χ0v) is 12.8. The molecule has 21 heavy (non-hydrogen) atoms. The lowest BCUT2D eigenvalue weighted by Crippen LogP contribution is -2.19. The van der Waals surface area contributed by atoms with E-state index in [1.54, 1.807) is 0 Å². The van der Waals surface area contributed by atoms with Gasteiger partial charge < -0.3 is 5.11 Å². The third-order valence-electron chi connectivity index (χ3n) is 3.89. The average Bonchev–Trinajstić information content (AvgIpc) is 2.48. The van der Waals surface area contributed by atoms with Crippen LogP contribution < -0.4 is 0 Å². The summed E-state index contributed by atoms with van der Waals surface area (Å²) in [5.74, 6) is 0.573. The van der Waals surface area contributed by atoms with Crippen LogP contribution in [0, 0.1) is 6.92 Å². The lowest BCUT2D eigenvalue weighted by Gasteiger charge is -2.26. The van der Waals surface area contributed by atoms with E-state index in [0.717, 1.165) is 21.7 Å². The van der Waals surface area contributed by atoms with Crippen LogP contribution in [0.2, 0.25) is 0 Å². The number of hydrogen-bond acceptors (Lipinski definition) is 3. The summed E-state index contributed by atoms with van der Waals surface area (Å²) < 4.78 is 17.9. The van der Waals surface area contributed by atoms with Crippen molar-refractivity contribution in [2.45, 2.75) is 24.2 Å². The fourth-order valence-corrected chi connectivity index (χ4v) is 5.14. The van der Waals surface area contributed by atoms with Crippen molar-refractivity contribution >= 4 is 15.4 Å². The molecule has 0 unspecified atom stereocenters. The predicted octanol–water partition coefficient (Wildman–Crippen LogP) is 3.63. The lowest BCUT2D eigenvalue weighted by molar-refractivity contribution is 0.279. The van der Waals surface area contributed by atoms with Crippen LogP contribution in [-0.2, 0) is 9.73 Å². The highest BCUT2D eigenvalue weighted by Gasteiger charge is 2.27. The third kappa shape index (κ3) is 2.74. The number of benzene rings is 2. The summed E-state index contributed by atoms with van der Waals surface area (Å²) in [5, 5.41) is 9.32. The Morgan fingerprint density at radius 3 is 2.71 bits per heavy atom. The van der Waals surface area contributed by atoms with E-state index in [1.165, 1.54) is 0 Å². The highest BCUT2D eigenvalue weighted by molar-refractivity contribution is 7.93. The van der Waals surface area contributed by atoms with Gasteiger partial charge in [-0.25, -0.2) is 4.21 Å². The number of fused-ring (bicyclic) bond motifs is 1. The second-order valence-corrected chi connectivity index (χ2v) is 7.75. The molecule has 0 saturated heterocycles. The fraction of sp³-hybridized carbons (Fsp3) is 0.294. The molecule has 0 saturated carbocycles. The molecule has 110 valence electrons. The largest absolute Gasteiger partial charge is 0.396 e. The predicted molar refractivity (Wildman–Crippen MR) is 85.4 cm³/mol. The SMILES string of the molecule is Cc1ccc2c(c1)N=[S@@](=O)(c1ccccc1)C[C@H]2CCO. The molecule has 0 radical (unpaired) electrons. The van der Waals surface area contributed by atoms with E-state index in [4.69, 9.17) is 0 Å². The summed E-state index contributed by atoms with van der Waals surface area (Å²) >= 11 is 0. The maximum atomic E-state index is 13.3. The fourth-order valence-electron chi connectivity index (χ4n) is 2.81. The van der Waals surface area contributed by atoms with Crippen LogP contribution in [0.3, 0.4) is 0 Å². The molecule has 2 aromatic carbocycles. The number of nitrogens with zero attached hydrogens (tertiary/aromatic N) is 1. The Morgan fingerprint density at radius 1 is 1.24 bits per heavy atom. The van der Waals surface area contributed by atoms with Gasteiger partial charge in [-0.2, -0.15) is 4.36 Å². The van der Waals surface area contributed by atoms with E-state index in [1.807, 2.05) is 49.4 Å². The van der Waals surface area contributed by atoms with Gasteiger partial charge in [-0.3, -0.25) is 0 Å². The molecule has 3 rings (SSSR count). The summed E-state index contributed by atoms with van der Waals surface area (Å²) in [6.07, 6.45) is 0.620. The van der Waals surface area contributed by atoms with Gasteiger partial charge in [0.1, 0.15) is 0 Å². The van der Waals surface area contributed by atoms with Crippen molar-refractivity contribution in [1.29, 1.82) is 0 Å². The summed E-state index contributed by atoms with van der Waals surface area (Å²) in [5.41, 5.74) is 3.02. The second-order valence-electron chi connectivity index (χ2n) is 5.48. The summed E-state index contributed by atoms with van der Waals surface area (Å²) in [7, 11) is -2.46. The summed E-state index contributed by atoms with van der Waals surface area (Å²) in [6, 6.07) is 15.5. The molecular weight excluding hydrogens is 282 g/mol. The molecule has 0 fully saturated rings. The molecule has 0 aromatic heterocycles. The molecule has 3 nitrogen and oxygen atoms in total. The molecule has 1 heterocycles. The minimum absolute atomic E-state index is 0.0933. The Bertz CT molecular complexity index is 762. The highest BCUT2D eigenvalue weighted by Crippen LogP contribution is 2.39. The van der Waals surface area contributed by atoms with E-state index in [9.17, 15) is 9.32 Å². The first-order chi connectivity index (χ1) is 10.1. The maximum absolute atomic E-state index is 13.3. The van der Waals surface area contributed by atoms with Crippen molar-refractivity contribution in [3.63, 3.8) is 0 Å². The standard InChI is InChI=1S/C17H19NO2S/c1-13-7-8-16-14(9-10-19)12-21(20,18-17(16)11-13)15-5-3-2-4-6-15/h2-8,11,14,19H,9-10,12H2,1H3/t14-,21+/m1/s1. The quantitative estimate of drug-likeness (QED) is 0.941. The first-order valence-corrected chi connectivity index (χ1v) is 8.82. The van der Waals surface area contributed by atoms with Crippen LogP contribution >= 0.6 is 0 Å². The summed E-state index contributed by atoms with van der Waals surface area (Å²) in [4.78, 5) is 0.778. The van der Waals surface area contributed by atoms with Gasteiger partial charge in [-0.1, -0.05) is 30.3 Å². The van der Waals surface area contributed by atoms with Crippen LogP contribution in [-0.4, -0.2) is 21.7 Å². The molecule has 1 N–H and O–H groups in total. The number of aliphatic hydroxyl groups excluding tert-OH is 1. The normalized spacial score (nSPS) is 24.2. The molecule has 4 heteroatoms. The van der Waals surface area contributed by atoms with Crippen molar-refractivity contribution < 1.29 is 9.32 Å². The molecule has 0 bridgehead atoms. The molecule has 2 aromatic rings. The van der Waals surface area contributed by atoms with E-state index in [-0.39, 0.29) is 12.5 Å². The van der Waals surface area contributed by atoms with E-state index in [0.29, 0.717) is 12.2 Å². The minimum Gasteiger partial charge on any atom is -0.396 e. The topological polar surface area (TPSA) is 49.7 Å². The van der Waals surface area contributed by atoms with Crippen LogP contribution in [0.5, 0.6) is 0 Å². The van der Waals surface area contributed by atoms with Gasteiger partial charge in [0, 0.05) is 23.2 Å². The van der Waals surface area contributed by atoms with Gasteiger partial charge in [0.15, 0.2) is 0 Å². The monoisotopic (exact) mass is 301 g/mol. The molecule has 1 aliphatic rings. The van der Waals surface area contributed by atoms with Gasteiger partial charge in [-0.15, -0.1) is 0 Å². The minimum atomic E-state index is -2.46. The molecule has 0 aliphatic carbocycles. The molecule has 0 amide bonds. The second kappa shape index (κ2) is 5.62. The van der Waals surface area contributed by atoms with Gasteiger partial charge in [0.25, 0.3) is 0 Å². The number of aliphatic hydroxyl groups is 1. The molecule has 0 spiro atoms. The molecule has 2 atom stereocenters. The zero-order chi connectivity index (χ0) is 14.9. The number of hydrogen-bond donors (Lipinski definition) is 1. The number of rotatable bonds is 3. The highest BCUT2D eigenvalue weighted by atomic mass is 32.2. The van der Waals surface area contributed by atoms with E-state index < -0.39 is 9.73 Å². The third-order valence-corrected chi connectivity index (χ3v) is 6.24. The zero-order valence-electron chi connectivity index (χ0n) is 12.0. The first kappa shape index (κ1) is 14.3. The van der Waals surface area contributed by atoms with Crippen molar-refractivity contribution in [3.8, 4) is 0 Å². The van der Waals surface area contributed by atoms with Gasteiger partial charge in [-0.05, 0) is 42.7 Å². The van der Waals surface area contributed by atoms with Crippen LogP contribution in [0.15, 0.2) is 57.8 Å².